The van der Waals surface area contributed by atoms with Gasteiger partial charge in [0.25, 0.3) is 0 Å². The Morgan fingerprint density at radius 1 is 1.35 bits per heavy atom. The zero-order valence-electron chi connectivity index (χ0n) is 10.2. The monoisotopic (exact) mass is 293 g/mol. The van der Waals surface area contributed by atoms with Gasteiger partial charge in [0, 0.05) is 17.7 Å². The Bertz CT molecular complexity index is 519. The van der Waals surface area contributed by atoms with Gasteiger partial charge in [0.2, 0.25) is 0 Å². The lowest BCUT2D eigenvalue weighted by Crippen LogP contribution is -2.19. The topological polar surface area (TPSA) is 29.9 Å². The molecule has 0 saturated heterocycles. The van der Waals surface area contributed by atoms with E-state index in [2.05, 4.69) is 51.5 Å². The summed E-state index contributed by atoms with van der Waals surface area (Å²) in [7, 11) is 3.89. The van der Waals surface area contributed by atoms with Crippen LogP contribution in [0.4, 0.5) is 0 Å². The molecule has 1 aromatic heterocycles. The summed E-state index contributed by atoms with van der Waals surface area (Å²) in [5.41, 5.74) is 3.55. The van der Waals surface area contributed by atoms with E-state index in [1.807, 2.05) is 31.0 Å². The van der Waals surface area contributed by atoms with Crippen molar-refractivity contribution in [3.63, 3.8) is 0 Å². The van der Waals surface area contributed by atoms with E-state index in [4.69, 9.17) is 0 Å². The highest BCUT2D eigenvalue weighted by molar-refractivity contribution is 9.10. The first-order chi connectivity index (χ1) is 8.11. The summed E-state index contributed by atoms with van der Waals surface area (Å²) in [5.74, 6) is 0. The molecule has 0 aliphatic rings. The molecule has 0 amide bonds. The van der Waals surface area contributed by atoms with Crippen molar-refractivity contribution in [3.8, 4) is 0 Å². The lowest BCUT2D eigenvalue weighted by Gasteiger charge is -2.17. The van der Waals surface area contributed by atoms with Crippen molar-refractivity contribution in [2.75, 3.05) is 7.05 Å². The predicted octanol–water partition coefficient (Wildman–Crippen LogP) is 2.80. The first-order valence-electron chi connectivity index (χ1n) is 5.54. The number of rotatable bonds is 3. The van der Waals surface area contributed by atoms with Gasteiger partial charge in [-0.25, -0.2) is 0 Å². The number of nitrogens with zero attached hydrogens (tertiary/aromatic N) is 2. The van der Waals surface area contributed by atoms with E-state index in [0.29, 0.717) is 0 Å². The molecule has 4 heteroatoms. The summed E-state index contributed by atoms with van der Waals surface area (Å²) in [6.07, 6.45) is 1.97. The molecule has 1 heterocycles. The van der Waals surface area contributed by atoms with Gasteiger partial charge in [0.05, 0.1) is 11.7 Å². The van der Waals surface area contributed by atoms with Crippen LogP contribution in [0.3, 0.4) is 0 Å². The molecule has 0 bridgehead atoms. The van der Waals surface area contributed by atoms with Gasteiger partial charge in [0.1, 0.15) is 0 Å². The van der Waals surface area contributed by atoms with Gasteiger partial charge in [-0.3, -0.25) is 4.68 Å². The van der Waals surface area contributed by atoms with Crippen LogP contribution in [0, 0.1) is 6.92 Å². The molecule has 1 atom stereocenters. The van der Waals surface area contributed by atoms with Crippen molar-refractivity contribution in [1.82, 2.24) is 15.1 Å². The summed E-state index contributed by atoms with van der Waals surface area (Å²) in [6, 6.07) is 8.50. The van der Waals surface area contributed by atoms with Crippen LogP contribution in [0.1, 0.15) is 22.9 Å². The first-order valence-corrected chi connectivity index (χ1v) is 6.34. The zero-order chi connectivity index (χ0) is 12.4. The third kappa shape index (κ3) is 2.58. The maximum Gasteiger partial charge on any atom is 0.0839 e. The van der Waals surface area contributed by atoms with E-state index in [-0.39, 0.29) is 6.04 Å². The predicted molar refractivity (Wildman–Crippen MR) is 73.0 cm³/mol. The zero-order valence-corrected chi connectivity index (χ0v) is 11.8. The number of hydrogen-bond acceptors (Lipinski definition) is 2. The minimum Gasteiger partial charge on any atom is -0.308 e. The molecule has 1 N–H and O–H groups in total. The third-order valence-electron chi connectivity index (χ3n) is 2.87. The van der Waals surface area contributed by atoms with E-state index >= 15 is 0 Å². The van der Waals surface area contributed by atoms with E-state index in [9.17, 15) is 0 Å². The average Bonchev–Trinajstić information content (AvgIpc) is 2.71. The summed E-state index contributed by atoms with van der Waals surface area (Å²) in [4.78, 5) is 0. The lowest BCUT2D eigenvalue weighted by atomic mass is 9.99. The molecule has 0 radical (unpaired) electrons. The van der Waals surface area contributed by atoms with Gasteiger partial charge in [0.15, 0.2) is 0 Å². The summed E-state index contributed by atoms with van der Waals surface area (Å²) in [6.45, 7) is 2.12. The van der Waals surface area contributed by atoms with Crippen molar-refractivity contribution in [3.05, 3.63) is 51.8 Å². The molecule has 0 fully saturated rings. The molecule has 3 nitrogen and oxygen atoms in total. The van der Waals surface area contributed by atoms with Crippen LogP contribution in [0.15, 0.2) is 34.9 Å². The molecule has 0 saturated carbocycles. The van der Waals surface area contributed by atoms with Crippen molar-refractivity contribution in [1.29, 1.82) is 0 Å². The summed E-state index contributed by atoms with van der Waals surface area (Å²) < 4.78 is 2.92. The molecular weight excluding hydrogens is 278 g/mol. The van der Waals surface area contributed by atoms with Gasteiger partial charge in [-0.15, -0.1) is 0 Å². The highest BCUT2D eigenvalue weighted by atomic mass is 79.9. The van der Waals surface area contributed by atoms with Gasteiger partial charge >= 0.3 is 0 Å². The molecule has 1 aromatic carbocycles. The molecule has 2 rings (SSSR count). The van der Waals surface area contributed by atoms with Crippen molar-refractivity contribution in [2.45, 2.75) is 13.0 Å². The van der Waals surface area contributed by atoms with E-state index in [0.717, 1.165) is 10.2 Å². The Hall–Kier alpha value is -1.13. The van der Waals surface area contributed by atoms with Crippen molar-refractivity contribution >= 4 is 15.9 Å². The maximum absolute atomic E-state index is 4.47. The number of aryl methyl sites for hydroxylation is 2. The fourth-order valence-electron chi connectivity index (χ4n) is 1.97. The molecule has 17 heavy (non-hydrogen) atoms. The van der Waals surface area contributed by atoms with Gasteiger partial charge in [-0.05, 0) is 43.3 Å². The second-order valence-electron chi connectivity index (χ2n) is 4.14. The molecule has 90 valence electrons. The summed E-state index contributed by atoms with van der Waals surface area (Å²) >= 11 is 3.52. The van der Waals surface area contributed by atoms with Crippen LogP contribution in [-0.2, 0) is 7.05 Å². The molecule has 0 aliphatic heterocycles. The molecule has 1 unspecified atom stereocenters. The summed E-state index contributed by atoms with van der Waals surface area (Å²) in [5, 5.41) is 7.79. The van der Waals surface area contributed by atoms with Crippen LogP contribution >= 0.6 is 15.9 Å². The molecule has 0 aliphatic carbocycles. The van der Waals surface area contributed by atoms with Crippen LogP contribution in [0.25, 0.3) is 0 Å². The minimum atomic E-state index is 0.133. The second-order valence-corrected chi connectivity index (χ2v) is 5.05. The highest BCUT2D eigenvalue weighted by Crippen LogP contribution is 2.26. The standard InChI is InChI=1S/C13H16BrN3/c1-9-4-5-10(14)8-11(9)13(15-2)12-6-7-17(3)16-12/h4-8,13,15H,1-3H3. The Kier molecular flexibility index (Phi) is 3.64. The van der Waals surface area contributed by atoms with Gasteiger partial charge in [-0.1, -0.05) is 22.0 Å². The Balaban J connectivity index is 2.45. The van der Waals surface area contributed by atoms with Crippen LogP contribution in [0.5, 0.6) is 0 Å². The quantitative estimate of drug-likeness (QED) is 0.943. The van der Waals surface area contributed by atoms with Crippen LogP contribution in [0.2, 0.25) is 0 Å². The lowest BCUT2D eigenvalue weighted by molar-refractivity contribution is 0.639. The normalized spacial score (nSPS) is 12.7. The minimum absolute atomic E-state index is 0.133. The fourth-order valence-corrected chi connectivity index (χ4v) is 2.35. The smallest absolute Gasteiger partial charge is 0.0839 e. The molecular formula is C13H16BrN3. The van der Waals surface area contributed by atoms with E-state index < -0.39 is 0 Å². The number of hydrogen-bond donors (Lipinski definition) is 1. The third-order valence-corrected chi connectivity index (χ3v) is 3.36. The second kappa shape index (κ2) is 5.02. The Morgan fingerprint density at radius 3 is 2.71 bits per heavy atom. The average molecular weight is 294 g/mol. The van der Waals surface area contributed by atoms with Crippen LogP contribution < -0.4 is 5.32 Å². The Labute approximate surface area is 110 Å². The van der Waals surface area contributed by atoms with Crippen molar-refractivity contribution < 1.29 is 0 Å². The SMILES string of the molecule is CNC(c1ccn(C)n1)c1cc(Br)ccc1C. The maximum atomic E-state index is 4.47. The van der Waals surface area contributed by atoms with Crippen molar-refractivity contribution in [2.24, 2.45) is 7.05 Å². The number of benzene rings is 1. The Morgan fingerprint density at radius 2 is 2.12 bits per heavy atom. The molecule has 0 spiro atoms. The number of nitrogens with one attached hydrogen (secondary N) is 1. The first kappa shape index (κ1) is 12.3. The van der Waals surface area contributed by atoms with Gasteiger partial charge in [-0.2, -0.15) is 5.10 Å². The van der Waals surface area contributed by atoms with E-state index in [1.54, 1.807) is 0 Å². The highest BCUT2D eigenvalue weighted by Gasteiger charge is 2.16. The largest absolute Gasteiger partial charge is 0.308 e. The fraction of sp³-hybridized carbons (Fsp3) is 0.308. The van der Waals surface area contributed by atoms with E-state index in [1.165, 1.54) is 11.1 Å². The van der Waals surface area contributed by atoms with Gasteiger partial charge < -0.3 is 5.32 Å². The number of aromatic nitrogens is 2. The number of halogens is 1. The molecule has 2 aromatic rings. The van der Waals surface area contributed by atoms with Crippen LogP contribution in [-0.4, -0.2) is 16.8 Å².